The lowest BCUT2D eigenvalue weighted by Crippen LogP contribution is -2.47. The van der Waals surface area contributed by atoms with Gasteiger partial charge < -0.3 is 19.2 Å². The van der Waals surface area contributed by atoms with Crippen molar-refractivity contribution in [3.63, 3.8) is 0 Å². The Bertz CT molecular complexity index is 644. The number of rotatable bonds is 4. The van der Waals surface area contributed by atoms with Gasteiger partial charge in [-0.05, 0) is 44.4 Å². The van der Waals surface area contributed by atoms with Gasteiger partial charge in [0, 0.05) is 24.6 Å². The average molecular weight is 332 g/mol. The van der Waals surface area contributed by atoms with Crippen molar-refractivity contribution in [2.75, 3.05) is 20.8 Å². The van der Waals surface area contributed by atoms with E-state index in [4.69, 9.17) is 14.3 Å². The van der Waals surface area contributed by atoms with E-state index in [-0.39, 0.29) is 11.9 Å². The molecule has 0 radical (unpaired) electrons. The molecule has 24 heavy (non-hydrogen) atoms. The van der Waals surface area contributed by atoms with Crippen molar-refractivity contribution in [2.24, 2.45) is 5.16 Å². The van der Waals surface area contributed by atoms with Gasteiger partial charge in [-0.2, -0.15) is 0 Å². The van der Waals surface area contributed by atoms with Gasteiger partial charge in [-0.25, -0.2) is 0 Å². The molecule has 1 fully saturated rings. The van der Waals surface area contributed by atoms with Crippen LogP contribution in [-0.2, 0) is 9.63 Å². The second-order valence-electron chi connectivity index (χ2n) is 6.28. The van der Waals surface area contributed by atoms with Crippen LogP contribution in [0.15, 0.2) is 23.4 Å². The maximum Gasteiger partial charge on any atom is 0.267 e. The molecule has 2 atom stereocenters. The minimum absolute atomic E-state index is 0.0304. The number of nitrogens with zero attached hydrogens (tertiary/aromatic N) is 2. The van der Waals surface area contributed by atoms with Gasteiger partial charge in [0.15, 0.2) is 0 Å². The van der Waals surface area contributed by atoms with Gasteiger partial charge in [-0.15, -0.1) is 0 Å². The molecule has 0 aromatic heterocycles. The first-order valence-electron chi connectivity index (χ1n) is 8.39. The third-order valence-corrected chi connectivity index (χ3v) is 4.75. The zero-order chi connectivity index (χ0) is 17.1. The SMILES string of the molecule is COc1ccc(OC)c(C2=NO[C@H](C(=O)N3CCCC[C@H]3C)C2)c1. The lowest BCUT2D eigenvalue weighted by molar-refractivity contribution is -0.145. The van der Waals surface area contributed by atoms with Gasteiger partial charge in [0.1, 0.15) is 11.5 Å². The number of benzene rings is 1. The van der Waals surface area contributed by atoms with Crippen LogP contribution in [0.5, 0.6) is 11.5 Å². The third kappa shape index (κ3) is 3.18. The summed E-state index contributed by atoms with van der Waals surface area (Å²) in [5.41, 5.74) is 1.52. The molecular formula is C18H24N2O4. The summed E-state index contributed by atoms with van der Waals surface area (Å²) in [5, 5.41) is 4.15. The second-order valence-corrected chi connectivity index (χ2v) is 6.28. The molecule has 6 heteroatoms. The van der Waals surface area contributed by atoms with Crippen molar-refractivity contribution in [1.82, 2.24) is 4.90 Å². The van der Waals surface area contributed by atoms with E-state index in [1.165, 1.54) is 6.42 Å². The van der Waals surface area contributed by atoms with E-state index < -0.39 is 6.10 Å². The van der Waals surface area contributed by atoms with Crippen molar-refractivity contribution in [2.45, 2.75) is 44.8 Å². The number of carbonyl (C=O) groups is 1. The summed E-state index contributed by atoms with van der Waals surface area (Å²) in [6, 6.07) is 5.79. The summed E-state index contributed by atoms with van der Waals surface area (Å²) in [4.78, 5) is 20.1. The highest BCUT2D eigenvalue weighted by Gasteiger charge is 2.35. The van der Waals surface area contributed by atoms with Crippen molar-refractivity contribution >= 4 is 11.6 Å². The summed E-state index contributed by atoms with van der Waals surface area (Å²) in [6.07, 6.45) is 3.19. The van der Waals surface area contributed by atoms with E-state index in [9.17, 15) is 4.79 Å². The van der Waals surface area contributed by atoms with Crippen molar-refractivity contribution < 1.29 is 19.1 Å². The lowest BCUT2D eigenvalue weighted by Gasteiger charge is -2.34. The number of oxime groups is 1. The fourth-order valence-corrected chi connectivity index (χ4v) is 3.32. The summed E-state index contributed by atoms with van der Waals surface area (Å²) in [7, 11) is 3.22. The predicted molar refractivity (Wildman–Crippen MR) is 90.6 cm³/mol. The Balaban J connectivity index is 1.74. The zero-order valence-corrected chi connectivity index (χ0v) is 14.4. The Hall–Kier alpha value is -2.24. The van der Waals surface area contributed by atoms with Crippen molar-refractivity contribution in [3.05, 3.63) is 23.8 Å². The van der Waals surface area contributed by atoms with Crippen molar-refractivity contribution in [3.8, 4) is 11.5 Å². The highest BCUT2D eigenvalue weighted by atomic mass is 16.6. The first-order valence-corrected chi connectivity index (χ1v) is 8.39. The molecule has 0 bridgehead atoms. The van der Waals surface area contributed by atoms with E-state index in [0.717, 1.165) is 24.9 Å². The van der Waals surface area contributed by atoms with E-state index >= 15 is 0 Å². The molecule has 2 aliphatic rings. The number of likely N-dealkylation sites (tertiary alicyclic amines) is 1. The Morgan fingerprint density at radius 3 is 2.83 bits per heavy atom. The quantitative estimate of drug-likeness (QED) is 0.850. The zero-order valence-electron chi connectivity index (χ0n) is 14.4. The smallest absolute Gasteiger partial charge is 0.267 e. The third-order valence-electron chi connectivity index (χ3n) is 4.75. The summed E-state index contributed by atoms with van der Waals surface area (Å²) < 4.78 is 10.7. The molecule has 0 saturated carbocycles. The van der Waals surface area contributed by atoms with E-state index in [1.807, 2.05) is 23.1 Å². The Morgan fingerprint density at radius 1 is 1.29 bits per heavy atom. The molecule has 0 N–H and O–H groups in total. The van der Waals surface area contributed by atoms with Crippen LogP contribution in [0.25, 0.3) is 0 Å². The first-order chi connectivity index (χ1) is 11.6. The Morgan fingerprint density at radius 2 is 2.12 bits per heavy atom. The number of methoxy groups -OCH3 is 2. The maximum absolute atomic E-state index is 12.7. The molecule has 3 rings (SSSR count). The maximum atomic E-state index is 12.7. The lowest BCUT2D eigenvalue weighted by atomic mass is 10.00. The first kappa shape index (κ1) is 16.6. The minimum Gasteiger partial charge on any atom is -0.497 e. The van der Waals surface area contributed by atoms with Crippen LogP contribution in [0.4, 0.5) is 0 Å². The molecule has 1 aromatic rings. The van der Waals surface area contributed by atoms with Gasteiger partial charge in [0.05, 0.1) is 19.9 Å². The summed E-state index contributed by atoms with van der Waals surface area (Å²) >= 11 is 0. The fraction of sp³-hybridized carbons (Fsp3) is 0.556. The van der Waals surface area contributed by atoms with Crippen LogP contribution >= 0.6 is 0 Å². The predicted octanol–water partition coefficient (Wildman–Crippen LogP) is 2.60. The molecule has 2 heterocycles. The number of hydrogen-bond acceptors (Lipinski definition) is 5. The number of amides is 1. The molecule has 130 valence electrons. The number of carbonyl (C=O) groups excluding carboxylic acids is 1. The molecule has 1 amide bonds. The van der Waals surface area contributed by atoms with Gasteiger partial charge in [-0.1, -0.05) is 5.16 Å². The van der Waals surface area contributed by atoms with Gasteiger partial charge >= 0.3 is 0 Å². The molecule has 6 nitrogen and oxygen atoms in total. The average Bonchev–Trinajstić information content (AvgIpc) is 3.11. The van der Waals surface area contributed by atoms with E-state index in [1.54, 1.807) is 14.2 Å². The van der Waals surface area contributed by atoms with Crippen LogP contribution in [0.1, 0.15) is 38.2 Å². The standard InChI is InChI=1S/C18H24N2O4/c1-12-6-4-5-9-20(12)18(21)17-11-15(19-24-17)14-10-13(22-2)7-8-16(14)23-3/h7-8,10,12,17H,4-6,9,11H2,1-3H3/t12-,17+/m1/s1. The number of hydrogen-bond donors (Lipinski definition) is 0. The molecule has 0 spiro atoms. The normalized spacial score (nSPS) is 23.5. The van der Waals surface area contributed by atoms with Crippen LogP contribution in [0.3, 0.4) is 0 Å². The largest absolute Gasteiger partial charge is 0.497 e. The second kappa shape index (κ2) is 7.11. The van der Waals surface area contributed by atoms with E-state index in [2.05, 4.69) is 12.1 Å². The minimum atomic E-state index is -0.545. The fourth-order valence-electron chi connectivity index (χ4n) is 3.32. The number of piperidine rings is 1. The van der Waals surface area contributed by atoms with Gasteiger partial charge in [0.2, 0.25) is 6.10 Å². The molecule has 2 aliphatic heterocycles. The summed E-state index contributed by atoms with van der Waals surface area (Å²) in [5.74, 6) is 1.44. The Labute approximate surface area is 142 Å². The van der Waals surface area contributed by atoms with Crippen molar-refractivity contribution in [1.29, 1.82) is 0 Å². The highest BCUT2D eigenvalue weighted by Crippen LogP contribution is 2.29. The Kier molecular flexibility index (Phi) is 4.92. The van der Waals surface area contributed by atoms with E-state index in [0.29, 0.717) is 23.6 Å². The van der Waals surface area contributed by atoms with Gasteiger partial charge in [0.25, 0.3) is 5.91 Å². The highest BCUT2D eigenvalue weighted by molar-refractivity contribution is 6.06. The molecule has 1 aromatic carbocycles. The number of ether oxygens (including phenoxy) is 2. The summed E-state index contributed by atoms with van der Waals surface area (Å²) in [6.45, 7) is 2.90. The molecular weight excluding hydrogens is 308 g/mol. The van der Waals surface area contributed by atoms with Crippen LogP contribution in [0.2, 0.25) is 0 Å². The van der Waals surface area contributed by atoms with Crippen LogP contribution < -0.4 is 9.47 Å². The molecule has 0 aliphatic carbocycles. The van der Waals surface area contributed by atoms with Crippen LogP contribution in [0, 0.1) is 0 Å². The molecule has 1 saturated heterocycles. The monoisotopic (exact) mass is 332 g/mol. The molecule has 0 unspecified atom stereocenters. The van der Waals surface area contributed by atoms with Crippen LogP contribution in [-0.4, -0.2) is 49.4 Å². The van der Waals surface area contributed by atoms with Gasteiger partial charge in [-0.3, -0.25) is 4.79 Å². The topological polar surface area (TPSA) is 60.4 Å².